The highest BCUT2D eigenvalue weighted by Gasteiger charge is 2.07. The average Bonchev–Trinajstić information content (AvgIpc) is 2.41. The Hall–Kier alpha value is -2.56. The third-order valence-electron chi connectivity index (χ3n) is 2.44. The summed E-state index contributed by atoms with van der Waals surface area (Å²) in [6.07, 6.45) is 1.50. The molecule has 1 amide bonds. The summed E-state index contributed by atoms with van der Waals surface area (Å²) in [4.78, 5) is 15.9. The Morgan fingerprint density at radius 3 is 2.68 bits per heavy atom. The van der Waals surface area contributed by atoms with Gasteiger partial charge in [0.25, 0.3) is 5.91 Å². The van der Waals surface area contributed by atoms with Crippen LogP contribution in [0.1, 0.15) is 17.4 Å². The number of nitrogens with zero attached hydrogens (tertiary/aromatic N) is 1. The first-order valence-corrected chi connectivity index (χ1v) is 5.95. The number of benzene rings is 1. The minimum atomic E-state index is -0.295. The van der Waals surface area contributed by atoms with E-state index < -0.39 is 0 Å². The maximum atomic E-state index is 11.9. The number of anilines is 2. The summed E-state index contributed by atoms with van der Waals surface area (Å²) < 4.78 is 5.32. The summed E-state index contributed by atoms with van der Waals surface area (Å²) >= 11 is 0. The van der Waals surface area contributed by atoms with Gasteiger partial charge in [0.2, 0.25) is 0 Å². The average molecular weight is 257 g/mol. The van der Waals surface area contributed by atoms with E-state index in [1.165, 1.54) is 12.3 Å². The summed E-state index contributed by atoms with van der Waals surface area (Å²) in [6, 6.07) is 10.3. The predicted molar refractivity (Wildman–Crippen MR) is 74.2 cm³/mol. The summed E-state index contributed by atoms with van der Waals surface area (Å²) in [7, 11) is 0. The lowest BCUT2D eigenvalue weighted by atomic mass is 10.2. The lowest BCUT2D eigenvalue weighted by molar-refractivity contribution is 0.102. The highest BCUT2D eigenvalue weighted by atomic mass is 16.5. The molecule has 5 nitrogen and oxygen atoms in total. The standard InChI is InChI=1S/C14H15N3O2/c1-2-19-12-5-3-11(4-6-12)17-14(18)13-9-10(15)7-8-16-13/h3-9H,2H2,1H3,(H2,15,16)(H,17,18). The van der Waals surface area contributed by atoms with Gasteiger partial charge in [0.1, 0.15) is 11.4 Å². The maximum absolute atomic E-state index is 11.9. The number of hydrogen-bond acceptors (Lipinski definition) is 4. The van der Waals surface area contributed by atoms with Gasteiger partial charge in [-0.3, -0.25) is 9.78 Å². The second-order valence-corrected chi connectivity index (χ2v) is 3.89. The van der Waals surface area contributed by atoms with E-state index >= 15 is 0 Å². The number of carbonyl (C=O) groups excluding carboxylic acids is 1. The number of nitrogens with two attached hydrogens (primary N) is 1. The van der Waals surface area contributed by atoms with Crippen LogP contribution in [0.3, 0.4) is 0 Å². The summed E-state index contributed by atoms with van der Waals surface area (Å²) in [5.41, 5.74) is 7.08. The lowest BCUT2D eigenvalue weighted by Crippen LogP contribution is -2.13. The molecule has 1 aromatic heterocycles. The van der Waals surface area contributed by atoms with Crippen molar-refractivity contribution in [3.05, 3.63) is 48.3 Å². The third-order valence-corrected chi connectivity index (χ3v) is 2.44. The zero-order valence-electron chi connectivity index (χ0n) is 10.6. The van der Waals surface area contributed by atoms with Crippen LogP contribution < -0.4 is 15.8 Å². The molecule has 1 heterocycles. The number of aromatic nitrogens is 1. The smallest absolute Gasteiger partial charge is 0.274 e. The minimum Gasteiger partial charge on any atom is -0.494 e. The van der Waals surface area contributed by atoms with Crippen molar-refractivity contribution >= 4 is 17.3 Å². The van der Waals surface area contributed by atoms with Gasteiger partial charge in [-0.25, -0.2) is 0 Å². The molecule has 0 bridgehead atoms. The molecule has 0 aliphatic carbocycles. The van der Waals surface area contributed by atoms with Gasteiger partial charge in [-0.05, 0) is 43.3 Å². The van der Waals surface area contributed by atoms with E-state index in [0.717, 1.165) is 5.75 Å². The molecule has 2 aromatic rings. The van der Waals surface area contributed by atoms with Crippen LogP contribution in [-0.4, -0.2) is 17.5 Å². The Labute approximate surface area is 111 Å². The molecule has 3 N–H and O–H groups in total. The highest BCUT2D eigenvalue weighted by molar-refractivity contribution is 6.03. The molecule has 0 fully saturated rings. The van der Waals surface area contributed by atoms with Crippen LogP contribution in [0.15, 0.2) is 42.6 Å². The molecular formula is C14H15N3O2. The Morgan fingerprint density at radius 1 is 1.32 bits per heavy atom. The van der Waals surface area contributed by atoms with Crippen molar-refractivity contribution < 1.29 is 9.53 Å². The van der Waals surface area contributed by atoms with E-state index in [-0.39, 0.29) is 11.6 Å². The van der Waals surface area contributed by atoms with E-state index in [0.29, 0.717) is 18.0 Å². The van der Waals surface area contributed by atoms with Crippen LogP contribution in [0.2, 0.25) is 0 Å². The molecule has 0 aliphatic rings. The Bertz CT molecular complexity index is 567. The molecule has 0 aliphatic heterocycles. The number of rotatable bonds is 4. The maximum Gasteiger partial charge on any atom is 0.274 e. The number of hydrogen-bond donors (Lipinski definition) is 2. The largest absolute Gasteiger partial charge is 0.494 e. The number of pyridine rings is 1. The van der Waals surface area contributed by atoms with Crippen molar-refractivity contribution in [3.8, 4) is 5.75 Å². The fraction of sp³-hybridized carbons (Fsp3) is 0.143. The van der Waals surface area contributed by atoms with Crippen molar-refractivity contribution in [1.82, 2.24) is 4.98 Å². The molecule has 98 valence electrons. The van der Waals surface area contributed by atoms with Crippen LogP contribution in [0.4, 0.5) is 11.4 Å². The van der Waals surface area contributed by atoms with E-state index in [9.17, 15) is 4.79 Å². The van der Waals surface area contributed by atoms with Gasteiger partial charge in [-0.15, -0.1) is 0 Å². The van der Waals surface area contributed by atoms with Crippen molar-refractivity contribution in [2.75, 3.05) is 17.7 Å². The molecule has 1 aromatic carbocycles. The van der Waals surface area contributed by atoms with Crippen molar-refractivity contribution in [3.63, 3.8) is 0 Å². The molecule has 0 saturated carbocycles. The molecule has 2 rings (SSSR count). The second kappa shape index (κ2) is 5.86. The van der Waals surface area contributed by atoms with E-state index in [2.05, 4.69) is 10.3 Å². The SMILES string of the molecule is CCOc1ccc(NC(=O)c2cc(N)ccn2)cc1. The first-order chi connectivity index (χ1) is 9.19. The van der Waals surface area contributed by atoms with E-state index in [4.69, 9.17) is 10.5 Å². The lowest BCUT2D eigenvalue weighted by Gasteiger charge is -2.07. The number of nitrogen functional groups attached to an aromatic ring is 1. The zero-order chi connectivity index (χ0) is 13.7. The van der Waals surface area contributed by atoms with E-state index in [1.54, 1.807) is 30.3 Å². The summed E-state index contributed by atoms with van der Waals surface area (Å²) in [6.45, 7) is 2.53. The number of amides is 1. The monoisotopic (exact) mass is 257 g/mol. The van der Waals surface area contributed by atoms with E-state index in [1.807, 2.05) is 6.92 Å². The number of ether oxygens (including phenoxy) is 1. The van der Waals surface area contributed by atoms with Crippen LogP contribution in [0.25, 0.3) is 0 Å². The van der Waals surface area contributed by atoms with Crippen LogP contribution in [-0.2, 0) is 0 Å². The molecule has 0 radical (unpaired) electrons. The predicted octanol–water partition coefficient (Wildman–Crippen LogP) is 2.31. The first kappa shape index (κ1) is 12.9. The number of carbonyl (C=O) groups is 1. The van der Waals surface area contributed by atoms with Crippen LogP contribution >= 0.6 is 0 Å². The minimum absolute atomic E-state index is 0.286. The second-order valence-electron chi connectivity index (χ2n) is 3.89. The number of nitrogens with one attached hydrogen (secondary N) is 1. The van der Waals surface area contributed by atoms with Gasteiger partial charge in [-0.2, -0.15) is 0 Å². The zero-order valence-corrected chi connectivity index (χ0v) is 10.6. The molecule has 0 spiro atoms. The quantitative estimate of drug-likeness (QED) is 0.881. The summed E-state index contributed by atoms with van der Waals surface area (Å²) in [5, 5.41) is 2.74. The molecule has 5 heteroatoms. The topological polar surface area (TPSA) is 77.2 Å². The molecule has 0 unspecified atom stereocenters. The normalized spacial score (nSPS) is 9.95. The molecule has 0 saturated heterocycles. The van der Waals surface area contributed by atoms with Crippen molar-refractivity contribution in [2.45, 2.75) is 6.92 Å². The Kier molecular flexibility index (Phi) is 3.97. The van der Waals surface area contributed by atoms with Crippen LogP contribution in [0, 0.1) is 0 Å². The molecule has 19 heavy (non-hydrogen) atoms. The fourth-order valence-corrected chi connectivity index (χ4v) is 1.57. The molecule has 0 atom stereocenters. The van der Waals surface area contributed by atoms with Gasteiger partial charge in [0.05, 0.1) is 6.61 Å². The van der Waals surface area contributed by atoms with Gasteiger partial charge in [0, 0.05) is 17.6 Å². The first-order valence-electron chi connectivity index (χ1n) is 5.95. The molecular weight excluding hydrogens is 242 g/mol. The highest BCUT2D eigenvalue weighted by Crippen LogP contribution is 2.16. The van der Waals surface area contributed by atoms with Crippen molar-refractivity contribution in [1.29, 1.82) is 0 Å². The van der Waals surface area contributed by atoms with Gasteiger partial charge < -0.3 is 15.8 Å². The van der Waals surface area contributed by atoms with Gasteiger partial charge in [-0.1, -0.05) is 0 Å². The summed E-state index contributed by atoms with van der Waals surface area (Å²) in [5.74, 6) is 0.471. The Balaban J connectivity index is 2.06. The van der Waals surface area contributed by atoms with Crippen molar-refractivity contribution in [2.24, 2.45) is 0 Å². The van der Waals surface area contributed by atoms with Gasteiger partial charge >= 0.3 is 0 Å². The third kappa shape index (κ3) is 3.45. The van der Waals surface area contributed by atoms with Crippen LogP contribution in [0.5, 0.6) is 5.75 Å². The van der Waals surface area contributed by atoms with Gasteiger partial charge in [0.15, 0.2) is 0 Å². The Morgan fingerprint density at radius 2 is 2.05 bits per heavy atom. The fourth-order valence-electron chi connectivity index (χ4n) is 1.57.